The highest BCUT2D eigenvalue weighted by Gasteiger charge is 2.14. The molecular formula is C15H9BrClF2N. The number of rotatable bonds is 2. The van der Waals surface area contributed by atoms with Crippen LogP contribution < -0.4 is 0 Å². The van der Waals surface area contributed by atoms with Crippen molar-refractivity contribution in [2.24, 2.45) is 0 Å². The van der Waals surface area contributed by atoms with E-state index in [1.165, 1.54) is 12.1 Å². The first-order valence-corrected chi connectivity index (χ1v) is 7.11. The first-order chi connectivity index (χ1) is 9.58. The van der Waals surface area contributed by atoms with Crippen LogP contribution >= 0.6 is 27.5 Å². The third-order valence-electron chi connectivity index (χ3n) is 3.21. The van der Waals surface area contributed by atoms with Crippen LogP contribution in [0.5, 0.6) is 0 Å². The van der Waals surface area contributed by atoms with E-state index < -0.39 is 11.6 Å². The Balaban J connectivity index is 2.13. The van der Waals surface area contributed by atoms with E-state index >= 15 is 0 Å². The van der Waals surface area contributed by atoms with Crippen LogP contribution in [-0.4, -0.2) is 4.57 Å². The van der Waals surface area contributed by atoms with Crippen LogP contribution in [0.25, 0.3) is 10.9 Å². The second kappa shape index (κ2) is 5.19. The molecule has 3 rings (SSSR count). The molecule has 102 valence electrons. The summed E-state index contributed by atoms with van der Waals surface area (Å²) in [6, 6.07) is 9.98. The molecule has 0 saturated carbocycles. The van der Waals surface area contributed by atoms with Gasteiger partial charge >= 0.3 is 0 Å². The molecule has 1 heterocycles. The molecule has 0 aliphatic carbocycles. The number of para-hydroxylation sites is 1. The molecule has 0 aliphatic heterocycles. The van der Waals surface area contributed by atoms with E-state index in [1.54, 1.807) is 16.8 Å². The Kier molecular flexibility index (Phi) is 3.52. The molecule has 0 radical (unpaired) electrons. The molecule has 3 aromatic rings. The Morgan fingerprint density at radius 2 is 1.90 bits per heavy atom. The number of fused-ring (bicyclic) bond motifs is 1. The molecule has 2 aromatic carbocycles. The monoisotopic (exact) mass is 355 g/mol. The Bertz CT molecular complexity index is 798. The highest BCUT2D eigenvalue weighted by atomic mass is 79.9. The van der Waals surface area contributed by atoms with Crippen molar-refractivity contribution in [3.05, 3.63) is 69.3 Å². The summed E-state index contributed by atoms with van der Waals surface area (Å²) < 4.78 is 29.8. The first-order valence-electron chi connectivity index (χ1n) is 5.93. The van der Waals surface area contributed by atoms with Crippen molar-refractivity contribution >= 4 is 38.4 Å². The second-order valence-corrected chi connectivity index (χ2v) is 5.70. The molecule has 5 heteroatoms. The van der Waals surface area contributed by atoms with Gasteiger partial charge < -0.3 is 4.57 Å². The summed E-state index contributed by atoms with van der Waals surface area (Å²) in [5, 5.41) is 1.50. The van der Waals surface area contributed by atoms with Crippen LogP contribution in [0, 0.1) is 11.6 Å². The van der Waals surface area contributed by atoms with Crippen molar-refractivity contribution in [1.82, 2.24) is 4.57 Å². The van der Waals surface area contributed by atoms with Crippen LogP contribution in [0.15, 0.2) is 47.1 Å². The lowest BCUT2D eigenvalue weighted by molar-refractivity contribution is 0.543. The third kappa shape index (κ3) is 2.23. The maximum Gasteiger partial charge on any atom is 0.145 e. The van der Waals surface area contributed by atoms with Gasteiger partial charge in [0.2, 0.25) is 0 Å². The highest BCUT2D eigenvalue weighted by molar-refractivity contribution is 9.10. The van der Waals surface area contributed by atoms with Crippen molar-refractivity contribution < 1.29 is 8.78 Å². The average molecular weight is 357 g/mol. The maximum absolute atomic E-state index is 14.0. The van der Waals surface area contributed by atoms with E-state index in [9.17, 15) is 8.78 Å². The van der Waals surface area contributed by atoms with Crippen molar-refractivity contribution in [3.63, 3.8) is 0 Å². The summed E-state index contributed by atoms with van der Waals surface area (Å²) in [5.41, 5.74) is 0.782. The van der Waals surface area contributed by atoms with Gasteiger partial charge in [-0.05, 0) is 40.2 Å². The lowest BCUT2D eigenvalue weighted by atomic mass is 10.2. The quantitative estimate of drug-likeness (QED) is 0.543. The van der Waals surface area contributed by atoms with E-state index in [2.05, 4.69) is 15.9 Å². The van der Waals surface area contributed by atoms with Gasteiger partial charge in [0.15, 0.2) is 0 Å². The molecule has 0 atom stereocenters. The van der Waals surface area contributed by atoms with Gasteiger partial charge in [0, 0.05) is 17.1 Å². The van der Waals surface area contributed by atoms with Crippen molar-refractivity contribution in [2.45, 2.75) is 6.54 Å². The molecule has 0 aliphatic rings. The molecule has 1 aromatic heterocycles. The zero-order valence-electron chi connectivity index (χ0n) is 10.2. The zero-order chi connectivity index (χ0) is 14.3. The normalized spacial score (nSPS) is 11.2. The number of benzene rings is 2. The van der Waals surface area contributed by atoms with Crippen LogP contribution in [0.1, 0.15) is 5.56 Å². The predicted octanol–water partition coefficient (Wildman–Crippen LogP) is 5.38. The van der Waals surface area contributed by atoms with Crippen molar-refractivity contribution in [3.8, 4) is 0 Å². The van der Waals surface area contributed by atoms with Gasteiger partial charge in [-0.25, -0.2) is 8.78 Å². The summed E-state index contributed by atoms with van der Waals surface area (Å²) in [6.07, 6.45) is 1.77. The van der Waals surface area contributed by atoms with E-state index in [0.29, 0.717) is 5.02 Å². The Morgan fingerprint density at radius 1 is 1.10 bits per heavy atom. The molecule has 0 bridgehead atoms. The van der Waals surface area contributed by atoms with Gasteiger partial charge in [-0.3, -0.25) is 0 Å². The molecular weight excluding hydrogens is 348 g/mol. The Labute approximate surface area is 127 Å². The Hall–Kier alpha value is -1.39. The molecule has 0 fully saturated rings. The zero-order valence-corrected chi connectivity index (χ0v) is 12.5. The fraction of sp³-hybridized carbons (Fsp3) is 0.0667. The van der Waals surface area contributed by atoms with Gasteiger partial charge in [-0.15, -0.1) is 0 Å². The molecule has 0 amide bonds. The predicted molar refractivity (Wildman–Crippen MR) is 80.1 cm³/mol. The van der Waals surface area contributed by atoms with Crippen LogP contribution in [0.2, 0.25) is 5.02 Å². The minimum Gasteiger partial charge on any atom is -0.342 e. The number of halogens is 4. The van der Waals surface area contributed by atoms with E-state index in [1.807, 2.05) is 18.2 Å². The van der Waals surface area contributed by atoms with Gasteiger partial charge in [0.1, 0.15) is 11.6 Å². The summed E-state index contributed by atoms with van der Waals surface area (Å²) in [4.78, 5) is 0. The lowest BCUT2D eigenvalue weighted by Gasteiger charge is -2.10. The molecule has 0 N–H and O–H groups in total. The third-order valence-corrected chi connectivity index (χ3v) is 4.12. The lowest BCUT2D eigenvalue weighted by Crippen LogP contribution is -2.04. The fourth-order valence-electron chi connectivity index (χ4n) is 2.23. The summed E-state index contributed by atoms with van der Waals surface area (Å²) in [6.45, 7) is 0.0876. The molecule has 20 heavy (non-hydrogen) atoms. The fourth-order valence-corrected chi connectivity index (χ4v) is 2.89. The van der Waals surface area contributed by atoms with Gasteiger partial charge in [0.05, 0.1) is 21.6 Å². The molecule has 0 spiro atoms. The smallest absolute Gasteiger partial charge is 0.145 e. The molecule has 0 unspecified atom stereocenters. The van der Waals surface area contributed by atoms with Gasteiger partial charge in [0.25, 0.3) is 0 Å². The van der Waals surface area contributed by atoms with Gasteiger partial charge in [-0.2, -0.15) is 0 Å². The Morgan fingerprint density at radius 3 is 2.70 bits per heavy atom. The topological polar surface area (TPSA) is 4.93 Å². The summed E-state index contributed by atoms with van der Waals surface area (Å²) in [7, 11) is 0. The summed E-state index contributed by atoms with van der Waals surface area (Å²) >= 11 is 9.23. The van der Waals surface area contributed by atoms with Crippen LogP contribution in [-0.2, 0) is 6.54 Å². The maximum atomic E-state index is 14.0. The SMILES string of the molecule is Fc1ccc(Br)c(F)c1Cn1ccc2cccc(Cl)c21. The van der Waals surface area contributed by atoms with Crippen molar-refractivity contribution in [1.29, 1.82) is 0 Å². The highest BCUT2D eigenvalue weighted by Crippen LogP contribution is 2.27. The molecule has 1 nitrogen and oxygen atoms in total. The van der Waals surface area contributed by atoms with E-state index in [0.717, 1.165) is 10.9 Å². The minimum atomic E-state index is -0.584. The van der Waals surface area contributed by atoms with Crippen LogP contribution in [0.4, 0.5) is 8.78 Å². The number of hydrogen-bond donors (Lipinski definition) is 0. The minimum absolute atomic E-state index is 0.0109. The van der Waals surface area contributed by atoms with Crippen LogP contribution in [0.3, 0.4) is 0 Å². The largest absolute Gasteiger partial charge is 0.342 e. The second-order valence-electron chi connectivity index (χ2n) is 4.44. The van der Waals surface area contributed by atoms with Crippen molar-refractivity contribution in [2.75, 3.05) is 0 Å². The van der Waals surface area contributed by atoms with E-state index in [4.69, 9.17) is 11.6 Å². The number of aromatic nitrogens is 1. The van der Waals surface area contributed by atoms with Gasteiger partial charge in [-0.1, -0.05) is 23.7 Å². The number of hydrogen-bond acceptors (Lipinski definition) is 0. The summed E-state index contributed by atoms with van der Waals surface area (Å²) in [5.74, 6) is -1.15. The van der Waals surface area contributed by atoms with E-state index in [-0.39, 0.29) is 16.6 Å². The molecule has 0 saturated heterocycles. The average Bonchev–Trinajstić information content (AvgIpc) is 2.84. The standard InChI is InChI=1S/C15H9BrClF2N/c16-11-4-5-13(18)10(14(11)19)8-20-7-6-9-2-1-3-12(17)15(9)20/h1-7H,8H2. The first kappa shape index (κ1) is 13.6. The number of nitrogens with zero attached hydrogens (tertiary/aromatic N) is 1.